The third kappa shape index (κ3) is 3.92. The van der Waals surface area contributed by atoms with Gasteiger partial charge < -0.3 is 14.2 Å². The molecule has 3 heterocycles. The maximum atomic E-state index is 5.48. The molecular weight excluding hydrogens is 316 g/mol. The molecule has 7 nitrogen and oxygen atoms in total. The van der Waals surface area contributed by atoms with Gasteiger partial charge in [0.15, 0.2) is 5.82 Å². The third-order valence-electron chi connectivity index (χ3n) is 4.96. The van der Waals surface area contributed by atoms with Crippen LogP contribution >= 0.6 is 0 Å². The van der Waals surface area contributed by atoms with Crippen LogP contribution in [0.3, 0.4) is 0 Å². The Morgan fingerprint density at radius 3 is 2.80 bits per heavy atom. The van der Waals surface area contributed by atoms with E-state index in [1.54, 1.807) is 12.4 Å². The summed E-state index contributed by atoms with van der Waals surface area (Å²) >= 11 is 0. The van der Waals surface area contributed by atoms with Crippen LogP contribution in [0.1, 0.15) is 31.5 Å². The number of piperidine rings is 1. The Labute approximate surface area is 149 Å². The Hall–Kier alpha value is -2.15. The van der Waals surface area contributed by atoms with Gasteiger partial charge in [0, 0.05) is 26.8 Å². The molecule has 0 amide bonds. The number of aromatic nitrogens is 4. The number of imidazole rings is 1. The van der Waals surface area contributed by atoms with E-state index in [0.29, 0.717) is 24.4 Å². The largest absolute Gasteiger partial charge is 0.477 e. The topological polar surface area (TPSA) is 59.3 Å². The standard InChI is InChI=1S/C18H28N6O/c1-5-25-17-11-19-10-16(21-17)23(3)12-14-7-6-8-22(2)18(14)15-9-20-13-24(15)4/h9-11,13-14,18H,5-8,12H2,1-4H3/t14-,18+/m0/s1. The molecule has 136 valence electrons. The van der Waals surface area contributed by atoms with Gasteiger partial charge in [-0.3, -0.25) is 9.88 Å². The zero-order chi connectivity index (χ0) is 17.8. The summed E-state index contributed by atoms with van der Waals surface area (Å²) in [5.41, 5.74) is 1.27. The van der Waals surface area contributed by atoms with E-state index in [1.165, 1.54) is 18.5 Å². The number of likely N-dealkylation sites (tertiary alicyclic amines) is 1. The van der Waals surface area contributed by atoms with Crippen LogP contribution in [0, 0.1) is 5.92 Å². The van der Waals surface area contributed by atoms with E-state index in [4.69, 9.17) is 4.74 Å². The summed E-state index contributed by atoms with van der Waals surface area (Å²) < 4.78 is 7.61. The third-order valence-corrected chi connectivity index (χ3v) is 4.96. The van der Waals surface area contributed by atoms with E-state index in [2.05, 4.69) is 50.5 Å². The maximum Gasteiger partial charge on any atom is 0.234 e. The quantitative estimate of drug-likeness (QED) is 0.800. The van der Waals surface area contributed by atoms with Crippen molar-refractivity contribution >= 4 is 5.82 Å². The molecule has 1 aliphatic heterocycles. The van der Waals surface area contributed by atoms with Gasteiger partial charge >= 0.3 is 0 Å². The molecule has 0 spiro atoms. The number of hydrogen-bond donors (Lipinski definition) is 0. The second-order valence-corrected chi connectivity index (χ2v) is 6.79. The van der Waals surface area contributed by atoms with Crippen molar-refractivity contribution in [3.63, 3.8) is 0 Å². The second kappa shape index (κ2) is 7.82. The Morgan fingerprint density at radius 1 is 1.24 bits per heavy atom. The lowest BCUT2D eigenvalue weighted by Gasteiger charge is -2.40. The minimum absolute atomic E-state index is 0.367. The summed E-state index contributed by atoms with van der Waals surface area (Å²) in [6.07, 6.45) is 9.75. The number of rotatable bonds is 6. The van der Waals surface area contributed by atoms with Gasteiger partial charge in [-0.1, -0.05) is 0 Å². The van der Waals surface area contributed by atoms with E-state index in [-0.39, 0.29) is 0 Å². The lowest BCUT2D eigenvalue weighted by molar-refractivity contribution is 0.118. The van der Waals surface area contributed by atoms with Crippen LogP contribution in [0.2, 0.25) is 0 Å². The van der Waals surface area contributed by atoms with Crippen molar-refractivity contribution in [2.45, 2.75) is 25.8 Å². The van der Waals surface area contributed by atoms with Gasteiger partial charge in [0.2, 0.25) is 5.88 Å². The first-order valence-electron chi connectivity index (χ1n) is 8.92. The minimum Gasteiger partial charge on any atom is -0.477 e. The van der Waals surface area contributed by atoms with Crippen LogP contribution in [-0.2, 0) is 7.05 Å². The highest BCUT2D eigenvalue weighted by Crippen LogP contribution is 2.35. The van der Waals surface area contributed by atoms with Gasteiger partial charge in [0.25, 0.3) is 0 Å². The molecule has 1 fully saturated rings. The molecule has 2 atom stereocenters. The molecule has 2 aromatic heterocycles. The summed E-state index contributed by atoms with van der Waals surface area (Å²) in [6.45, 7) is 4.59. The van der Waals surface area contributed by atoms with Crippen molar-refractivity contribution < 1.29 is 4.74 Å². The normalized spacial score (nSPS) is 21.3. The molecule has 0 saturated carbocycles. The first-order chi connectivity index (χ1) is 12.1. The van der Waals surface area contributed by atoms with E-state index >= 15 is 0 Å². The molecule has 0 unspecified atom stereocenters. The highest BCUT2D eigenvalue weighted by atomic mass is 16.5. The van der Waals surface area contributed by atoms with Crippen LogP contribution in [0.5, 0.6) is 5.88 Å². The molecule has 3 rings (SSSR count). The molecular formula is C18H28N6O. The lowest BCUT2D eigenvalue weighted by Crippen LogP contribution is -2.42. The first-order valence-corrected chi connectivity index (χ1v) is 8.92. The van der Waals surface area contributed by atoms with Gasteiger partial charge in [-0.05, 0) is 39.3 Å². The van der Waals surface area contributed by atoms with Crippen LogP contribution < -0.4 is 9.64 Å². The number of hydrogen-bond acceptors (Lipinski definition) is 6. The van der Waals surface area contributed by atoms with Crippen molar-refractivity contribution in [3.8, 4) is 5.88 Å². The van der Waals surface area contributed by atoms with E-state index in [0.717, 1.165) is 18.9 Å². The second-order valence-electron chi connectivity index (χ2n) is 6.79. The molecule has 0 aliphatic carbocycles. The molecule has 0 radical (unpaired) electrons. The number of anilines is 1. The van der Waals surface area contributed by atoms with Gasteiger partial charge in [0.05, 0.1) is 37.1 Å². The van der Waals surface area contributed by atoms with Gasteiger partial charge in [0.1, 0.15) is 0 Å². The fourth-order valence-corrected chi connectivity index (χ4v) is 3.76. The summed E-state index contributed by atoms with van der Waals surface area (Å²) in [4.78, 5) is 17.8. The summed E-state index contributed by atoms with van der Waals surface area (Å²) in [5.74, 6) is 1.94. The highest BCUT2D eigenvalue weighted by Gasteiger charge is 2.33. The van der Waals surface area contributed by atoms with Crippen molar-refractivity contribution in [3.05, 3.63) is 30.6 Å². The van der Waals surface area contributed by atoms with Gasteiger partial charge in [-0.2, -0.15) is 4.98 Å². The number of nitrogens with zero attached hydrogens (tertiary/aromatic N) is 6. The molecule has 7 heteroatoms. The van der Waals surface area contributed by atoms with E-state index in [9.17, 15) is 0 Å². The van der Waals surface area contributed by atoms with Crippen LogP contribution in [0.15, 0.2) is 24.9 Å². The fraction of sp³-hybridized carbons (Fsp3) is 0.611. The van der Waals surface area contributed by atoms with Gasteiger partial charge in [-0.25, -0.2) is 4.98 Å². The first kappa shape index (κ1) is 17.7. The Kier molecular flexibility index (Phi) is 5.53. The zero-order valence-corrected chi connectivity index (χ0v) is 15.6. The summed E-state index contributed by atoms with van der Waals surface area (Å²) in [7, 11) is 6.36. The SMILES string of the molecule is CCOc1cncc(N(C)C[C@@H]2CCCN(C)[C@H]2c2cncn2C)n1. The van der Waals surface area contributed by atoms with Crippen LogP contribution in [-0.4, -0.2) is 58.2 Å². The Morgan fingerprint density at radius 2 is 2.08 bits per heavy atom. The average molecular weight is 344 g/mol. The molecule has 1 saturated heterocycles. The van der Waals surface area contributed by atoms with Crippen molar-refractivity contribution in [2.24, 2.45) is 13.0 Å². The smallest absolute Gasteiger partial charge is 0.234 e. The Bertz CT molecular complexity index is 688. The summed E-state index contributed by atoms with van der Waals surface area (Å²) in [6, 6.07) is 0.367. The monoisotopic (exact) mass is 344 g/mol. The molecule has 1 aliphatic rings. The minimum atomic E-state index is 0.367. The van der Waals surface area contributed by atoms with Gasteiger partial charge in [-0.15, -0.1) is 0 Å². The van der Waals surface area contributed by atoms with E-state index < -0.39 is 0 Å². The number of ether oxygens (including phenoxy) is 1. The number of aryl methyl sites for hydroxylation is 1. The van der Waals surface area contributed by atoms with Crippen molar-refractivity contribution in [2.75, 3.05) is 38.7 Å². The predicted molar refractivity (Wildman–Crippen MR) is 97.8 cm³/mol. The van der Waals surface area contributed by atoms with Crippen LogP contribution in [0.4, 0.5) is 5.82 Å². The molecule has 0 aromatic carbocycles. The highest BCUT2D eigenvalue weighted by molar-refractivity contribution is 5.36. The van der Waals surface area contributed by atoms with Crippen LogP contribution in [0.25, 0.3) is 0 Å². The lowest BCUT2D eigenvalue weighted by atomic mass is 9.87. The molecule has 25 heavy (non-hydrogen) atoms. The molecule has 0 bridgehead atoms. The zero-order valence-electron chi connectivity index (χ0n) is 15.6. The van der Waals surface area contributed by atoms with E-state index in [1.807, 2.05) is 19.4 Å². The fourth-order valence-electron chi connectivity index (χ4n) is 3.76. The van der Waals surface area contributed by atoms with Crippen molar-refractivity contribution in [1.29, 1.82) is 0 Å². The predicted octanol–water partition coefficient (Wildman–Crippen LogP) is 2.13. The van der Waals surface area contributed by atoms with Crippen molar-refractivity contribution in [1.82, 2.24) is 24.4 Å². The molecule has 0 N–H and O–H groups in total. The maximum absolute atomic E-state index is 5.48. The Balaban J connectivity index is 1.77. The molecule has 2 aromatic rings. The summed E-state index contributed by atoms with van der Waals surface area (Å²) in [5, 5.41) is 0. The average Bonchev–Trinajstić information content (AvgIpc) is 3.01.